The van der Waals surface area contributed by atoms with Crippen molar-refractivity contribution in [3.8, 4) is 5.75 Å². The number of nitrogens with zero attached hydrogens (tertiary/aromatic N) is 1. The number of anilines is 1. The van der Waals surface area contributed by atoms with E-state index < -0.39 is 17.7 Å². The van der Waals surface area contributed by atoms with Gasteiger partial charge in [0.15, 0.2) is 0 Å². The fourth-order valence-electron chi connectivity index (χ4n) is 4.37. The highest BCUT2D eigenvalue weighted by Gasteiger charge is 2.48. The molecule has 0 bridgehead atoms. The van der Waals surface area contributed by atoms with E-state index in [9.17, 15) is 14.7 Å². The molecule has 6 heteroatoms. The highest BCUT2D eigenvalue weighted by molar-refractivity contribution is 6.51. The van der Waals surface area contributed by atoms with Gasteiger partial charge < -0.3 is 14.3 Å². The molecule has 0 aliphatic carbocycles. The summed E-state index contributed by atoms with van der Waals surface area (Å²) in [5, 5.41) is 11.4. The lowest BCUT2D eigenvalue weighted by Gasteiger charge is -2.25. The van der Waals surface area contributed by atoms with E-state index in [1.165, 1.54) is 11.2 Å². The number of ketones is 1. The molecule has 34 heavy (non-hydrogen) atoms. The largest absolute Gasteiger partial charge is 0.507 e. The van der Waals surface area contributed by atoms with E-state index in [0.29, 0.717) is 22.8 Å². The number of aliphatic hydroxyl groups excluding tert-OH is 1. The number of aryl methyl sites for hydroxylation is 2. The summed E-state index contributed by atoms with van der Waals surface area (Å²) in [6.45, 7) is 9.92. The lowest BCUT2D eigenvalue weighted by Crippen LogP contribution is -2.30. The van der Waals surface area contributed by atoms with E-state index >= 15 is 0 Å². The van der Waals surface area contributed by atoms with Crippen molar-refractivity contribution in [2.24, 2.45) is 0 Å². The van der Waals surface area contributed by atoms with Crippen molar-refractivity contribution in [2.45, 2.75) is 46.1 Å². The molecule has 1 N–H and O–H groups in total. The number of hydrogen-bond donors (Lipinski definition) is 1. The third kappa shape index (κ3) is 3.89. The SMILES string of the molecule is COc1ccc(/C(O)=C2/C(=O)C(=O)N(c3cc(C)ccc3C)C2c2ccco2)cc1C(C)(C)C. The van der Waals surface area contributed by atoms with Gasteiger partial charge in [0.05, 0.1) is 18.9 Å². The molecule has 6 nitrogen and oxygen atoms in total. The Kier molecular flexibility index (Phi) is 5.86. The van der Waals surface area contributed by atoms with E-state index in [2.05, 4.69) is 0 Å². The number of rotatable bonds is 4. The van der Waals surface area contributed by atoms with Crippen LogP contribution in [0.15, 0.2) is 64.8 Å². The van der Waals surface area contributed by atoms with Gasteiger partial charge in [-0.3, -0.25) is 14.5 Å². The maximum atomic E-state index is 13.3. The number of aliphatic hydroxyl groups is 1. The molecule has 2 heterocycles. The fourth-order valence-corrected chi connectivity index (χ4v) is 4.37. The first-order chi connectivity index (χ1) is 16.0. The smallest absolute Gasteiger partial charge is 0.300 e. The molecule has 1 aliphatic heterocycles. The minimum Gasteiger partial charge on any atom is -0.507 e. The summed E-state index contributed by atoms with van der Waals surface area (Å²) in [6.07, 6.45) is 1.49. The minimum atomic E-state index is -0.893. The van der Waals surface area contributed by atoms with Crippen LogP contribution in [0.5, 0.6) is 5.75 Å². The van der Waals surface area contributed by atoms with Gasteiger partial charge in [-0.15, -0.1) is 0 Å². The molecule has 3 aromatic rings. The first kappa shape index (κ1) is 23.4. The molecule has 1 aromatic heterocycles. The molecular formula is C28H29NO5. The number of methoxy groups -OCH3 is 1. The molecule has 1 amide bonds. The molecule has 1 unspecified atom stereocenters. The Morgan fingerprint density at radius 2 is 1.79 bits per heavy atom. The molecule has 1 atom stereocenters. The molecule has 0 radical (unpaired) electrons. The first-order valence-corrected chi connectivity index (χ1v) is 11.1. The summed E-state index contributed by atoms with van der Waals surface area (Å²) in [5.41, 5.74) is 3.42. The predicted octanol–water partition coefficient (Wildman–Crippen LogP) is 5.83. The topological polar surface area (TPSA) is 80.0 Å². The molecule has 0 spiro atoms. The van der Waals surface area contributed by atoms with Crippen LogP contribution in [0.4, 0.5) is 5.69 Å². The van der Waals surface area contributed by atoms with E-state index in [1.807, 2.05) is 52.8 Å². The van der Waals surface area contributed by atoms with Crippen LogP contribution >= 0.6 is 0 Å². The fraction of sp³-hybridized carbons (Fsp3) is 0.286. The second-order valence-corrected chi connectivity index (χ2v) is 9.64. The van der Waals surface area contributed by atoms with Gasteiger partial charge in [0.2, 0.25) is 0 Å². The van der Waals surface area contributed by atoms with Crippen molar-refractivity contribution < 1.29 is 23.8 Å². The molecular weight excluding hydrogens is 430 g/mol. The van der Waals surface area contributed by atoms with Crippen molar-refractivity contribution in [3.05, 3.63) is 88.4 Å². The van der Waals surface area contributed by atoms with Gasteiger partial charge >= 0.3 is 0 Å². The number of Topliss-reactive ketones (excluding diaryl/α,β-unsaturated/α-hetero) is 1. The molecule has 1 fully saturated rings. The Balaban J connectivity index is 1.96. The van der Waals surface area contributed by atoms with Crippen LogP contribution in [0.2, 0.25) is 0 Å². The number of carbonyl (C=O) groups is 2. The van der Waals surface area contributed by atoms with Crippen LogP contribution in [-0.2, 0) is 15.0 Å². The van der Waals surface area contributed by atoms with E-state index in [0.717, 1.165) is 16.7 Å². The highest BCUT2D eigenvalue weighted by Crippen LogP contribution is 2.44. The summed E-state index contributed by atoms with van der Waals surface area (Å²) in [7, 11) is 1.59. The number of carbonyl (C=O) groups excluding carboxylic acids is 2. The van der Waals surface area contributed by atoms with Gasteiger partial charge in [0, 0.05) is 16.8 Å². The maximum Gasteiger partial charge on any atom is 0.300 e. The van der Waals surface area contributed by atoms with Crippen molar-refractivity contribution >= 4 is 23.1 Å². The molecule has 4 rings (SSSR count). The zero-order valence-electron chi connectivity index (χ0n) is 20.3. The summed E-state index contributed by atoms with van der Waals surface area (Å²) in [5.74, 6) is -0.636. The van der Waals surface area contributed by atoms with E-state index in [4.69, 9.17) is 9.15 Å². The summed E-state index contributed by atoms with van der Waals surface area (Å²) in [4.78, 5) is 28.1. The van der Waals surface area contributed by atoms with Crippen LogP contribution in [0.1, 0.15) is 54.8 Å². The molecule has 1 saturated heterocycles. The van der Waals surface area contributed by atoms with Crippen molar-refractivity contribution in [1.29, 1.82) is 0 Å². The summed E-state index contributed by atoms with van der Waals surface area (Å²) in [6, 6.07) is 13.5. The highest BCUT2D eigenvalue weighted by atomic mass is 16.5. The number of amides is 1. The Morgan fingerprint density at radius 3 is 2.41 bits per heavy atom. The van der Waals surface area contributed by atoms with Crippen molar-refractivity contribution in [3.63, 3.8) is 0 Å². The second kappa shape index (κ2) is 8.52. The molecule has 176 valence electrons. The first-order valence-electron chi connectivity index (χ1n) is 11.1. The lowest BCUT2D eigenvalue weighted by atomic mass is 9.84. The number of benzene rings is 2. The Hall–Kier alpha value is -3.80. The van der Waals surface area contributed by atoms with Crippen LogP contribution in [-0.4, -0.2) is 23.9 Å². The standard InChI is InChI=1S/C28H29NO5/c1-16-9-10-17(2)20(14-16)29-24(22-8-7-13-34-22)23(26(31)27(29)32)25(30)18-11-12-21(33-6)19(15-18)28(3,4)5/h7-15,24,30H,1-6H3/b25-23-. The Morgan fingerprint density at radius 1 is 1.06 bits per heavy atom. The van der Waals surface area contributed by atoms with Crippen LogP contribution in [0, 0.1) is 13.8 Å². The molecule has 1 aliphatic rings. The normalized spacial score (nSPS) is 17.9. The van der Waals surface area contributed by atoms with Gasteiger partial charge in [0.25, 0.3) is 11.7 Å². The third-order valence-corrected chi connectivity index (χ3v) is 6.16. The summed E-state index contributed by atoms with van der Waals surface area (Å²) >= 11 is 0. The third-order valence-electron chi connectivity index (χ3n) is 6.16. The zero-order chi connectivity index (χ0) is 24.8. The average Bonchev–Trinajstić information content (AvgIpc) is 3.41. The predicted molar refractivity (Wildman–Crippen MR) is 131 cm³/mol. The van der Waals surface area contributed by atoms with Crippen LogP contribution in [0.3, 0.4) is 0 Å². The van der Waals surface area contributed by atoms with Gasteiger partial charge in [-0.1, -0.05) is 32.9 Å². The lowest BCUT2D eigenvalue weighted by molar-refractivity contribution is -0.132. The second-order valence-electron chi connectivity index (χ2n) is 9.64. The average molecular weight is 460 g/mol. The Bertz CT molecular complexity index is 1290. The molecule has 0 saturated carbocycles. The zero-order valence-corrected chi connectivity index (χ0v) is 20.3. The minimum absolute atomic E-state index is 0.00844. The van der Waals surface area contributed by atoms with Gasteiger partial charge in [-0.25, -0.2) is 0 Å². The monoisotopic (exact) mass is 459 g/mol. The van der Waals surface area contributed by atoms with Crippen molar-refractivity contribution in [1.82, 2.24) is 0 Å². The van der Waals surface area contributed by atoms with Gasteiger partial charge in [-0.05, 0) is 66.8 Å². The number of ether oxygens (including phenoxy) is 1. The van der Waals surface area contributed by atoms with Gasteiger partial charge in [0.1, 0.15) is 23.3 Å². The van der Waals surface area contributed by atoms with Crippen LogP contribution in [0.25, 0.3) is 5.76 Å². The maximum absolute atomic E-state index is 13.3. The van der Waals surface area contributed by atoms with Gasteiger partial charge in [-0.2, -0.15) is 0 Å². The van der Waals surface area contributed by atoms with E-state index in [-0.39, 0.29) is 16.7 Å². The number of hydrogen-bond acceptors (Lipinski definition) is 5. The molecule has 2 aromatic carbocycles. The van der Waals surface area contributed by atoms with Crippen LogP contribution < -0.4 is 9.64 Å². The summed E-state index contributed by atoms with van der Waals surface area (Å²) < 4.78 is 11.2. The van der Waals surface area contributed by atoms with Crippen molar-refractivity contribution in [2.75, 3.05) is 12.0 Å². The quantitative estimate of drug-likeness (QED) is 0.302. The Labute approximate surface area is 199 Å². The van der Waals surface area contributed by atoms with E-state index in [1.54, 1.807) is 37.4 Å². The number of furan rings is 1.